The standard InChI is InChI=1S/C13H18ClNO/c1-3-13(15)11-4-6-12(7-5-11)16-9-10(2)8-14/h4-8,13H,3,9,15H2,1-2H3/b10-8+/t13-/m1/s1. The van der Waals surface area contributed by atoms with Crippen LogP contribution in [0.5, 0.6) is 5.75 Å². The quantitative estimate of drug-likeness (QED) is 0.852. The van der Waals surface area contributed by atoms with Crippen molar-refractivity contribution in [1.29, 1.82) is 0 Å². The Kier molecular flexibility index (Phi) is 5.36. The largest absolute Gasteiger partial charge is 0.489 e. The maximum Gasteiger partial charge on any atom is 0.119 e. The Hall–Kier alpha value is -0.990. The molecule has 16 heavy (non-hydrogen) atoms. The molecular formula is C13H18ClNO. The molecule has 0 saturated carbocycles. The number of ether oxygens (including phenoxy) is 1. The summed E-state index contributed by atoms with van der Waals surface area (Å²) >= 11 is 5.55. The molecule has 2 N–H and O–H groups in total. The summed E-state index contributed by atoms with van der Waals surface area (Å²) in [4.78, 5) is 0. The summed E-state index contributed by atoms with van der Waals surface area (Å²) in [6, 6.07) is 7.99. The lowest BCUT2D eigenvalue weighted by Gasteiger charge is -2.10. The number of halogens is 1. The lowest BCUT2D eigenvalue weighted by Crippen LogP contribution is -2.08. The highest BCUT2D eigenvalue weighted by molar-refractivity contribution is 6.25. The van der Waals surface area contributed by atoms with E-state index in [0.717, 1.165) is 23.3 Å². The second kappa shape index (κ2) is 6.56. The molecule has 0 heterocycles. The molecule has 88 valence electrons. The second-order valence-electron chi connectivity index (χ2n) is 3.83. The van der Waals surface area contributed by atoms with E-state index in [-0.39, 0.29) is 6.04 Å². The normalized spacial score (nSPS) is 13.6. The van der Waals surface area contributed by atoms with Gasteiger partial charge in [-0.25, -0.2) is 0 Å². The zero-order chi connectivity index (χ0) is 12.0. The average molecular weight is 240 g/mol. The second-order valence-corrected chi connectivity index (χ2v) is 4.05. The molecule has 0 unspecified atom stereocenters. The summed E-state index contributed by atoms with van der Waals surface area (Å²) in [6.45, 7) is 4.51. The predicted molar refractivity (Wildman–Crippen MR) is 68.8 cm³/mol. The molecule has 0 aromatic heterocycles. The summed E-state index contributed by atoms with van der Waals surface area (Å²) in [5.41, 5.74) is 9.58. The molecular weight excluding hydrogens is 222 g/mol. The van der Waals surface area contributed by atoms with Gasteiger partial charge in [-0.1, -0.05) is 30.7 Å². The number of rotatable bonds is 5. The average Bonchev–Trinajstić information content (AvgIpc) is 2.35. The van der Waals surface area contributed by atoms with Crippen LogP contribution in [0.25, 0.3) is 0 Å². The van der Waals surface area contributed by atoms with E-state index < -0.39 is 0 Å². The van der Waals surface area contributed by atoms with E-state index >= 15 is 0 Å². The summed E-state index contributed by atoms with van der Waals surface area (Å²) in [5.74, 6) is 0.838. The van der Waals surface area contributed by atoms with Crippen LogP contribution >= 0.6 is 11.6 Å². The van der Waals surface area contributed by atoms with Crippen molar-refractivity contribution < 1.29 is 4.74 Å². The molecule has 1 aromatic rings. The summed E-state index contributed by atoms with van der Waals surface area (Å²) in [7, 11) is 0. The van der Waals surface area contributed by atoms with Crippen molar-refractivity contribution in [2.45, 2.75) is 26.3 Å². The lowest BCUT2D eigenvalue weighted by atomic mass is 10.1. The van der Waals surface area contributed by atoms with E-state index in [1.54, 1.807) is 0 Å². The predicted octanol–water partition coefficient (Wildman–Crippen LogP) is 3.62. The molecule has 1 atom stereocenters. The van der Waals surface area contributed by atoms with Crippen LogP contribution in [0.3, 0.4) is 0 Å². The molecule has 1 rings (SSSR count). The minimum Gasteiger partial charge on any atom is -0.489 e. The molecule has 0 aliphatic heterocycles. The van der Waals surface area contributed by atoms with Crippen LogP contribution in [-0.2, 0) is 0 Å². The van der Waals surface area contributed by atoms with E-state index in [1.807, 2.05) is 31.2 Å². The highest BCUT2D eigenvalue weighted by atomic mass is 35.5. The third-order valence-electron chi connectivity index (χ3n) is 2.40. The Morgan fingerprint density at radius 2 is 2.06 bits per heavy atom. The van der Waals surface area contributed by atoms with E-state index in [4.69, 9.17) is 22.1 Å². The Balaban J connectivity index is 2.58. The van der Waals surface area contributed by atoms with E-state index in [0.29, 0.717) is 6.61 Å². The van der Waals surface area contributed by atoms with E-state index in [2.05, 4.69) is 6.92 Å². The van der Waals surface area contributed by atoms with Gasteiger partial charge in [0, 0.05) is 11.6 Å². The number of hydrogen-bond donors (Lipinski definition) is 1. The van der Waals surface area contributed by atoms with Gasteiger partial charge in [0.05, 0.1) is 0 Å². The smallest absolute Gasteiger partial charge is 0.119 e. The first-order valence-electron chi connectivity index (χ1n) is 5.41. The third kappa shape index (κ3) is 3.87. The van der Waals surface area contributed by atoms with Crippen molar-refractivity contribution in [1.82, 2.24) is 0 Å². The number of hydrogen-bond acceptors (Lipinski definition) is 2. The Bertz CT molecular complexity index is 345. The molecule has 0 amide bonds. The van der Waals surface area contributed by atoms with Gasteiger partial charge in [0.15, 0.2) is 0 Å². The van der Waals surface area contributed by atoms with Crippen molar-refractivity contribution in [2.75, 3.05) is 6.61 Å². The number of nitrogens with two attached hydrogens (primary N) is 1. The fraction of sp³-hybridized carbons (Fsp3) is 0.385. The van der Waals surface area contributed by atoms with Crippen LogP contribution in [-0.4, -0.2) is 6.61 Å². The fourth-order valence-electron chi connectivity index (χ4n) is 1.28. The van der Waals surface area contributed by atoms with Crippen molar-refractivity contribution in [2.24, 2.45) is 5.73 Å². The molecule has 0 aliphatic rings. The first-order chi connectivity index (χ1) is 7.67. The van der Waals surface area contributed by atoms with Gasteiger partial charge in [-0.2, -0.15) is 0 Å². The van der Waals surface area contributed by atoms with Gasteiger partial charge in [-0.3, -0.25) is 0 Å². The van der Waals surface area contributed by atoms with Crippen molar-refractivity contribution in [3.63, 3.8) is 0 Å². The van der Waals surface area contributed by atoms with Crippen LogP contribution in [0.15, 0.2) is 35.4 Å². The molecule has 0 radical (unpaired) electrons. The van der Waals surface area contributed by atoms with E-state index in [9.17, 15) is 0 Å². The van der Waals surface area contributed by atoms with Crippen LogP contribution in [0.4, 0.5) is 0 Å². The van der Waals surface area contributed by atoms with Gasteiger partial charge in [0.2, 0.25) is 0 Å². The first-order valence-corrected chi connectivity index (χ1v) is 5.85. The highest BCUT2D eigenvalue weighted by Crippen LogP contribution is 2.18. The number of benzene rings is 1. The van der Waals surface area contributed by atoms with Gasteiger partial charge in [-0.15, -0.1) is 0 Å². The van der Waals surface area contributed by atoms with Gasteiger partial charge < -0.3 is 10.5 Å². The Morgan fingerprint density at radius 1 is 1.44 bits per heavy atom. The molecule has 2 nitrogen and oxygen atoms in total. The molecule has 0 bridgehead atoms. The molecule has 0 aliphatic carbocycles. The van der Waals surface area contributed by atoms with Crippen LogP contribution in [0.1, 0.15) is 31.9 Å². The van der Waals surface area contributed by atoms with E-state index in [1.165, 1.54) is 5.54 Å². The van der Waals surface area contributed by atoms with Gasteiger partial charge >= 0.3 is 0 Å². The van der Waals surface area contributed by atoms with Gasteiger partial charge in [0.25, 0.3) is 0 Å². The first kappa shape index (κ1) is 13.1. The minimum absolute atomic E-state index is 0.110. The SMILES string of the molecule is CC[C@@H](N)c1ccc(OC/C(C)=C/Cl)cc1. The van der Waals surface area contributed by atoms with Crippen molar-refractivity contribution >= 4 is 11.6 Å². The zero-order valence-electron chi connectivity index (χ0n) is 9.74. The summed E-state index contributed by atoms with van der Waals surface area (Å²) in [5, 5.41) is 0. The Morgan fingerprint density at radius 3 is 2.56 bits per heavy atom. The Labute approximate surface area is 102 Å². The molecule has 0 saturated heterocycles. The maximum absolute atomic E-state index is 5.92. The van der Waals surface area contributed by atoms with Crippen molar-refractivity contribution in [3.8, 4) is 5.75 Å². The fourth-order valence-corrected chi connectivity index (χ4v) is 1.34. The highest BCUT2D eigenvalue weighted by Gasteiger charge is 2.02. The summed E-state index contributed by atoms with van der Waals surface area (Å²) < 4.78 is 5.53. The lowest BCUT2D eigenvalue weighted by molar-refractivity contribution is 0.352. The van der Waals surface area contributed by atoms with Crippen molar-refractivity contribution in [3.05, 3.63) is 40.9 Å². The van der Waals surface area contributed by atoms with Gasteiger partial charge in [-0.05, 0) is 36.6 Å². The molecule has 0 fully saturated rings. The van der Waals surface area contributed by atoms with Crippen LogP contribution < -0.4 is 10.5 Å². The maximum atomic E-state index is 5.92. The molecule has 1 aromatic carbocycles. The zero-order valence-corrected chi connectivity index (χ0v) is 10.5. The monoisotopic (exact) mass is 239 g/mol. The summed E-state index contributed by atoms with van der Waals surface area (Å²) in [6.07, 6.45) is 0.939. The third-order valence-corrected chi connectivity index (χ3v) is 2.77. The minimum atomic E-state index is 0.110. The molecule has 0 spiro atoms. The van der Waals surface area contributed by atoms with Gasteiger partial charge in [0.1, 0.15) is 12.4 Å². The topological polar surface area (TPSA) is 35.2 Å². The van der Waals surface area contributed by atoms with Crippen LogP contribution in [0.2, 0.25) is 0 Å². The van der Waals surface area contributed by atoms with Crippen LogP contribution in [0, 0.1) is 0 Å². The molecule has 3 heteroatoms.